The average molecular weight is 127 g/mol. The Morgan fingerprint density at radius 3 is 2.56 bits per heavy atom. The number of carbonyl (C=O) groups is 1. The van der Waals surface area contributed by atoms with Crippen molar-refractivity contribution in [3.05, 3.63) is 0 Å². The predicted molar refractivity (Wildman–Crippen MR) is 33.4 cm³/mol. The Labute approximate surface area is 53.1 Å². The van der Waals surface area contributed by atoms with Crippen molar-refractivity contribution in [2.45, 2.75) is 0 Å². The van der Waals surface area contributed by atoms with Crippen LogP contribution in [0.4, 0.5) is 0 Å². The standard InChI is InChI=1S/C5H9N3O/c6-3-4(7)5(9)8-1-2-8/h7H,1-3,6H2. The monoisotopic (exact) mass is 127 g/mol. The third-order valence-electron chi connectivity index (χ3n) is 1.20. The molecule has 50 valence electrons. The molecule has 0 radical (unpaired) electrons. The van der Waals surface area contributed by atoms with Crippen molar-refractivity contribution in [2.75, 3.05) is 19.6 Å². The molecule has 0 bridgehead atoms. The van der Waals surface area contributed by atoms with Gasteiger partial charge in [-0.1, -0.05) is 0 Å². The summed E-state index contributed by atoms with van der Waals surface area (Å²) in [6, 6.07) is 0. The normalized spacial score (nSPS) is 15.4. The highest BCUT2D eigenvalue weighted by atomic mass is 16.2. The van der Waals surface area contributed by atoms with Gasteiger partial charge >= 0.3 is 0 Å². The highest BCUT2D eigenvalue weighted by molar-refractivity contribution is 6.38. The average Bonchev–Trinajstić information content (AvgIpc) is 2.66. The van der Waals surface area contributed by atoms with E-state index < -0.39 is 0 Å². The molecule has 0 unspecified atom stereocenters. The lowest BCUT2D eigenvalue weighted by Gasteiger charge is -1.97. The molecular formula is C5H9N3O. The van der Waals surface area contributed by atoms with Crippen molar-refractivity contribution in [2.24, 2.45) is 5.73 Å². The molecule has 1 aliphatic rings. The lowest BCUT2D eigenvalue weighted by molar-refractivity contribution is -0.119. The minimum atomic E-state index is -0.211. The number of nitrogens with one attached hydrogen (secondary N) is 1. The van der Waals surface area contributed by atoms with Crippen LogP contribution in [-0.2, 0) is 4.79 Å². The molecule has 1 aliphatic heterocycles. The van der Waals surface area contributed by atoms with E-state index in [0.29, 0.717) is 0 Å². The van der Waals surface area contributed by atoms with Gasteiger partial charge in [0, 0.05) is 19.6 Å². The third kappa shape index (κ3) is 1.26. The lowest BCUT2D eigenvalue weighted by Crippen LogP contribution is -2.28. The summed E-state index contributed by atoms with van der Waals surface area (Å²) in [7, 11) is 0. The first-order chi connectivity index (χ1) is 4.25. The van der Waals surface area contributed by atoms with Crippen LogP contribution in [0, 0.1) is 5.41 Å². The van der Waals surface area contributed by atoms with E-state index in [1.165, 1.54) is 0 Å². The van der Waals surface area contributed by atoms with Gasteiger partial charge in [-0.2, -0.15) is 0 Å². The molecule has 1 saturated heterocycles. The Bertz CT molecular complexity index is 150. The van der Waals surface area contributed by atoms with Gasteiger partial charge in [-0.3, -0.25) is 10.2 Å². The van der Waals surface area contributed by atoms with E-state index in [1.807, 2.05) is 0 Å². The van der Waals surface area contributed by atoms with Crippen molar-refractivity contribution < 1.29 is 4.79 Å². The first kappa shape index (κ1) is 6.22. The summed E-state index contributed by atoms with van der Waals surface area (Å²) >= 11 is 0. The van der Waals surface area contributed by atoms with Gasteiger partial charge in [-0.25, -0.2) is 0 Å². The zero-order valence-electron chi connectivity index (χ0n) is 5.05. The van der Waals surface area contributed by atoms with Crippen LogP contribution in [0.15, 0.2) is 0 Å². The number of hydrogen-bond acceptors (Lipinski definition) is 3. The molecule has 0 atom stereocenters. The number of rotatable bonds is 2. The second-order valence-corrected chi connectivity index (χ2v) is 1.97. The summed E-state index contributed by atoms with van der Waals surface area (Å²) in [5.41, 5.74) is 5.07. The van der Waals surface area contributed by atoms with Gasteiger partial charge in [0.15, 0.2) is 0 Å². The maximum atomic E-state index is 10.8. The minimum absolute atomic E-state index is 0.00694. The molecule has 4 nitrogen and oxygen atoms in total. The summed E-state index contributed by atoms with van der Waals surface area (Å²) in [5.74, 6) is -0.211. The predicted octanol–water partition coefficient (Wildman–Crippen LogP) is -1.19. The molecule has 4 heteroatoms. The second-order valence-electron chi connectivity index (χ2n) is 1.97. The molecule has 0 aromatic heterocycles. The molecule has 9 heavy (non-hydrogen) atoms. The van der Waals surface area contributed by atoms with Gasteiger partial charge < -0.3 is 10.6 Å². The maximum Gasteiger partial charge on any atom is 0.268 e. The Balaban J connectivity index is 2.40. The fourth-order valence-corrected chi connectivity index (χ4v) is 0.531. The zero-order chi connectivity index (χ0) is 6.85. The van der Waals surface area contributed by atoms with Crippen molar-refractivity contribution in [3.8, 4) is 0 Å². The van der Waals surface area contributed by atoms with Gasteiger partial charge in [-0.05, 0) is 0 Å². The largest absolute Gasteiger partial charge is 0.334 e. The molecule has 1 rings (SSSR count). The quantitative estimate of drug-likeness (QED) is 0.361. The van der Waals surface area contributed by atoms with Crippen LogP contribution in [0.3, 0.4) is 0 Å². The second kappa shape index (κ2) is 2.14. The van der Waals surface area contributed by atoms with E-state index in [2.05, 4.69) is 0 Å². The number of hydrogen-bond donors (Lipinski definition) is 2. The Kier molecular flexibility index (Phi) is 1.48. The maximum absolute atomic E-state index is 10.8. The highest BCUT2D eigenvalue weighted by Gasteiger charge is 2.25. The van der Waals surface area contributed by atoms with E-state index in [9.17, 15) is 4.79 Å². The van der Waals surface area contributed by atoms with Crippen molar-refractivity contribution >= 4 is 11.6 Å². The van der Waals surface area contributed by atoms with Crippen LogP contribution in [-0.4, -0.2) is 36.2 Å². The van der Waals surface area contributed by atoms with Crippen molar-refractivity contribution in [1.29, 1.82) is 5.41 Å². The van der Waals surface area contributed by atoms with Crippen LogP contribution in [0.25, 0.3) is 0 Å². The topological polar surface area (TPSA) is 70.0 Å². The molecule has 0 saturated carbocycles. The molecule has 0 spiro atoms. The SMILES string of the molecule is N=C(CN)C(=O)N1CC1. The molecule has 0 aliphatic carbocycles. The molecule has 1 fully saturated rings. The van der Waals surface area contributed by atoms with Crippen LogP contribution >= 0.6 is 0 Å². The molecule has 0 aromatic carbocycles. The third-order valence-corrected chi connectivity index (χ3v) is 1.20. The van der Waals surface area contributed by atoms with Crippen LogP contribution < -0.4 is 5.73 Å². The number of nitrogens with zero attached hydrogens (tertiary/aromatic N) is 1. The summed E-state index contributed by atoms with van der Waals surface area (Å²) in [6.45, 7) is 1.64. The van der Waals surface area contributed by atoms with E-state index in [4.69, 9.17) is 11.1 Å². The molecule has 1 amide bonds. The number of nitrogens with two attached hydrogens (primary N) is 1. The van der Waals surface area contributed by atoms with Gasteiger partial charge in [-0.15, -0.1) is 0 Å². The van der Waals surface area contributed by atoms with Gasteiger partial charge in [0.2, 0.25) is 0 Å². The first-order valence-corrected chi connectivity index (χ1v) is 2.82. The van der Waals surface area contributed by atoms with E-state index in [0.717, 1.165) is 13.1 Å². The summed E-state index contributed by atoms with van der Waals surface area (Å²) in [4.78, 5) is 12.3. The summed E-state index contributed by atoms with van der Waals surface area (Å²) < 4.78 is 0. The van der Waals surface area contributed by atoms with E-state index >= 15 is 0 Å². The van der Waals surface area contributed by atoms with E-state index in [-0.39, 0.29) is 18.2 Å². The van der Waals surface area contributed by atoms with E-state index in [1.54, 1.807) is 4.90 Å². The fourth-order valence-electron chi connectivity index (χ4n) is 0.531. The van der Waals surface area contributed by atoms with Crippen LogP contribution in [0.5, 0.6) is 0 Å². The molecule has 0 aromatic rings. The molecular weight excluding hydrogens is 118 g/mol. The van der Waals surface area contributed by atoms with Gasteiger partial charge in [0.1, 0.15) is 5.71 Å². The van der Waals surface area contributed by atoms with Crippen LogP contribution in [0.2, 0.25) is 0 Å². The van der Waals surface area contributed by atoms with Crippen molar-refractivity contribution in [3.63, 3.8) is 0 Å². The Hall–Kier alpha value is -0.900. The smallest absolute Gasteiger partial charge is 0.268 e. The molecule has 3 N–H and O–H groups in total. The van der Waals surface area contributed by atoms with Crippen molar-refractivity contribution in [1.82, 2.24) is 4.90 Å². The number of amides is 1. The Morgan fingerprint density at radius 2 is 2.22 bits per heavy atom. The van der Waals surface area contributed by atoms with Gasteiger partial charge in [0.05, 0.1) is 0 Å². The lowest BCUT2D eigenvalue weighted by atomic mass is 10.3. The first-order valence-electron chi connectivity index (χ1n) is 2.82. The summed E-state index contributed by atoms with van der Waals surface area (Å²) in [6.07, 6.45) is 0. The van der Waals surface area contributed by atoms with Crippen LogP contribution in [0.1, 0.15) is 0 Å². The highest BCUT2D eigenvalue weighted by Crippen LogP contribution is 2.03. The summed E-state index contributed by atoms with van der Waals surface area (Å²) in [5, 5.41) is 7.00. The zero-order valence-corrected chi connectivity index (χ0v) is 5.05. The Morgan fingerprint density at radius 1 is 1.67 bits per heavy atom. The molecule has 1 heterocycles. The fraction of sp³-hybridized carbons (Fsp3) is 0.600. The number of carbonyl (C=O) groups excluding carboxylic acids is 1. The minimum Gasteiger partial charge on any atom is -0.334 e. The van der Waals surface area contributed by atoms with Gasteiger partial charge in [0.25, 0.3) is 5.91 Å².